The van der Waals surface area contributed by atoms with E-state index in [1.807, 2.05) is 0 Å². The summed E-state index contributed by atoms with van der Waals surface area (Å²) >= 11 is 0.487. The molecule has 1 saturated heterocycles. The van der Waals surface area contributed by atoms with Crippen LogP contribution in [0, 0.1) is 5.92 Å². The maximum absolute atomic E-state index is 12.5. The summed E-state index contributed by atoms with van der Waals surface area (Å²) in [4.78, 5) is 15.0. The molecule has 2 heterocycles. The third-order valence-electron chi connectivity index (χ3n) is 5.04. The van der Waals surface area contributed by atoms with Gasteiger partial charge in [0.1, 0.15) is 0 Å². The first kappa shape index (κ1) is 17.3. The fraction of sp³-hybridized carbons (Fsp3) is 0.812. The molecule has 0 N–H and O–H groups in total. The summed E-state index contributed by atoms with van der Waals surface area (Å²) in [6.07, 6.45) is 5.57. The van der Waals surface area contributed by atoms with Crippen molar-refractivity contribution in [2.75, 3.05) is 6.54 Å². The van der Waals surface area contributed by atoms with Gasteiger partial charge in [-0.15, -0.1) is 0 Å². The van der Waals surface area contributed by atoms with Gasteiger partial charge in [0.05, 0.1) is 0 Å². The Balaban J connectivity index is 2.04. The molecule has 0 radical (unpaired) electrons. The Hall–Kier alpha value is -0.0936. The molecule has 3 nitrogen and oxygen atoms in total. The number of carbonyl (C=O) groups is 1. The second kappa shape index (κ2) is 6.19. The van der Waals surface area contributed by atoms with E-state index in [4.69, 9.17) is 4.43 Å². The fourth-order valence-corrected chi connectivity index (χ4v) is 7.00. The summed E-state index contributed by atoms with van der Waals surface area (Å²) in [7, 11) is -1.80. The van der Waals surface area contributed by atoms with Crippen LogP contribution < -0.4 is 0 Å². The number of allylic oxidation sites excluding steroid dienone is 1. The van der Waals surface area contributed by atoms with Crippen LogP contribution in [0.25, 0.3) is 0 Å². The molecular weight excluding hydrogens is 345 g/mol. The standard InChI is InChI=1S/C16H29NO2SeSi/c1-12(19-21(5,6)16(2,3)4)13-14(18)17-10-8-7-9-11-20-15(13)17/h7,9,12-13,15H,8,10-11H2,1-6H3/b9-7-/t12-,13+,15-/m1/s1. The zero-order valence-electron chi connectivity index (χ0n) is 14.2. The van der Waals surface area contributed by atoms with Crippen LogP contribution in [-0.2, 0) is 9.22 Å². The van der Waals surface area contributed by atoms with Gasteiger partial charge in [0.2, 0.25) is 0 Å². The van der Waals surface area contributed by atoms with E-state index >= 15 is 0 Å². The first-order chi connectivity index (χ1) is 9.65. The average molecular weight is 374 g/mol. The van der Waals surface area contributed by atoms with Crippen LogP contribution in [0.1, 0.15) is 34.1 Å². The average Bonchev–Trinajstić information content (AvgIpc) is 2.30. The monoisotopic (exact) mass is 375 g/mol. The van der Waals surface area contributed by atoms with E-state index in [0.717, 1.165) is 18.3 Å². The molecule has 0 saturated carbocycles. The van der Waals surface area contributed by atoms with Crippen molar-refractivity contribution in [2.45, 2.75) is 68.6 Å². The van der Waals surface area contributed by atoms with Crippen LogP contribution in [0.5, 0.6) is 0 Å². The molecule has 0 bridgehead atoms. The fourth-order valence-electron chi connectivity index (χ4n) is 2.68. The van der Waals surface area contributed by atoms with Gasteiger partial charge >= 0.3 is 137 Å². The van der Waals surface area contributed by atoms with Gasteiger partial charge in [-0.1, -0.05) is 0 Å². The van der Waals surface area contributed by atoms with E-state index in [2.05, 4.69) is 57.8 Å². The van der Waals surface area contributed by atoms with E-state index in [1.54, 1.807) is 0 Å². The molecule has 0 aromatic rings. The summed E-state index contributed by atoms with van der Waals surface area (Å²) in [5.41, 5.74) is 0. The molecule has 3 atom stereocenters. The number of hydrogen-bond donors (Lipinski definition) is 0. The van der Waals surface area contributed by atoms with Crippen LogP contribution in [0.3, 0.4) is 0 Å². The molecule has 2 rings (SSSR count). The van der Waals surface area contributed by atoms with Crippen LogP contribution in [0.4, 0.5) is 0 Å². The van der Waals surface area contributed by atoms with Crippen LogP contribution in [0.15, 0.2) is 12.2 Å². The Labute approximate surface area is 136 Å². The van der Waals surface area contributed by atoms with Gasteiger partial charge in [0, 0.05) is 0 Å². The van der Waals surface area contributed by atoms with E-state index < -0.39 is 8.32 Å². The molecule has 0 aromatic carbocycles. The van der Waals surface area contributed by atoms with E-state index in [9.17, 15) is 4.79 Å². The van der Waals surface area contributed by atoms with E-state index in [0.29, 0.717) is 25.8 Å². The molecule has 1 fully saturated rings. The summed E-state index contributed by atoms with van der Waals surface area (Å²) in [6, 6.07) is 0. The number of β-lactam (4-membered cyclic amide) rings is 1. The van der Waals surface area contributed by atoms with Gasteiger partial charge in [-0.2, -0.15) is 0 Å². The summed E-state index contributed by atoms with van der Waals surface area (Å²) < 4.78 is 6.48. The predicted octanol–water partition coefficient (Wildman–Crippen LogP) is 3.26. The number of fused-ring (bicyclic) bond motifs is 1. The second-order valence-corrected chi connectivity index (χ2v) is 14.8. The van der Waals surface area contributed by atoms with Crippen LogP contribution in [0.2, 0.25) is 23.5 Å². The Morgan fingerprint density at radius 1 is 1.38 bits per heavy atom. The van der Waals surface area contributed by atoms with Gasteiger partial charge in [-0.25, -0.2) is 0 Å². The SMILES string of the molecule is C[C@@H](O[Si](C)(C)C(C)(C)C)[C@H]1C(=O)N2CC/C=C\C[Se][C@H]12. The predicted molar refractivity (Wildman–Crippen MR) is 91.1 cm³/mol. The molecule has 120 valence electrons. The molecule has 0 unspecified atom stereocenters. The third kappa shape index (κ3) is 3.47. The van der Waals surface area contributed by atoms with Crippen molar-refractivity contribution in [3.05, 3.63) is 12.2 Å². The number of rotatable bonds is 3. The molecule has 0 aliphatic carbocycles. The topological polar surface area (TPSA) is 29.5 Å². The minimum atomic E-state index is -1.80. The quantitative estimate of drug-likeness (QED) is 0.431. The molecular formula is C16H29NO2SeSi. The number of nitrogens with zero attached hydrogens (tertiary/aromatic N) is 1. The molecule has 1 amide bonds. The molecule has 2 aliphatic heterocycles. The van der Waals surface area contributed by atoms with Crippen molar-refractivity contribution < 1.29 is 9.22 Å². The molecule has 0 spiro atoms. The van der Waals surface area contributed by atoms with Gasteiger partial charge in [-0.3, -0.25) is 0 Å². The van der Waals surface area contributed by atoms with Crippen molar-refractivity contribution in [1.82, 2.24) is 4.90 Å². The Bertz CT molecular complexity index is 430. The zero-order chi connectivity index (χ0) is 15.8. The first-order valence-electron chi connectivity index (χ1n) is 7.90. The van der Waals surface area contributed by atoms with Crippen LogP contribution in [-0.4, -0.2) is 51.7 Å². The van der Waals surface area contributed by atoms with Crippen molar-refractivity contribution in [3.8, 4) is 0 Å². The zero-order valence-corrected chi connectivity index (χ0v) is 16.9. The minimum absolute atomic E-state index is 0.0601. The summed E-state index contributed by atoms with van der Waals surface area (Å²) in [6.45, 7) is 14.3. The summed E-state index contributed by atoms with van der Waals surface area (Å²) in [5.74, 6) is 0.425. The Kier molecular flexibility index (Phi) is 5.09. The normalized spacial score (nSPS) is 30.0. The number of hydrogen-bond acceptors (Lipinski definition) is 2. The summed E-state index contributed by atoms with van der Waals surface area (Å²) in [5, 5.41) is 1.34. The Morgan fingerprint density at radius 3 is 2.67 bits per heavy atom. The van der Waals surface area contributed by atoms with Crippen molar-refractivity contribution >= 4 is 29.2 Å². The second-order valence-electron chi connectivity index (χ2n) is 7.62. The first-order valence-corrected chi connectivity index (χ1v) is 13.0. The van der Waals surface area contributed by atoms with Crippen molar-refractivity contribution in [1.29, 1.82) is 0 Å². The van der Waals surface area contributed by atoms with Gasteiger partial charge in [-0.05, 0) is 0 Å². The molecule has 2 aliphatic rings. The maximum atomic E-state index is 12.5. The van der Waals surface area contributed by atoms with Gasteiger partial charge in [0.25, 0.3) is 0 Å². The number of carbonyl (C=O) groups excluding carboxylic acids is 1. The van der Waals surface area contributed by atoms with E-state index in [1.165, 1.54) is 0 Å². The van der Waals surface area contributed by atoms with Crippen molar-refractivity contribution in [3.63, 3.8) is 0 Å². The molecule has 21 heavy (non-hydrogen) atoms. The van der Waals surface area contributed by atoms with Crippen molar-refractivity contribution in [2.24, 2.45) is 5.92 Å². The van der Waals surface area contributed by atoms with E-state index in [-0.39, 0.29) is 17.1 Å². The molecule has 0 aromatic heterocycles. The molecule has 5 heteroatoms. The third-order valence-corrected chi connectivity index (χ3v) is 12.3. The van der Waals surface area contributed by atoms with Gasteiger partial charge in [0.15, 0.2) is 0 Å². The van der Waals surface area contributed by atoms with Gasteiger partial charge < -0.3 is 0 Å². The Morgan fingerprint density at radius 2 is 2.05 bits per heavy atom. The van der Waals surface area contributed by atoms with Crippen LogP contribution >= 0.6 is 0 Å². The number of amides is 1.